The average molecular weight is 967 g/mol. The molecule has 0 bridgehead atoms. The maximum atomic E-state index is 16.2. The van der Waals surface area contributed by atoms with Crippen molar-refractivity contribution in [2.24, 2.45) is 31.3 Å². The molecule has 3 aromatic heterocycles. The van der Waals surface area contributed by atoms with E-state index in [0.717, 1.165) is 84.3 Å². The summed E-state index contributed by atoms with van der Waals surface area (Å²) in [4.78, 5) is 49.5. The van der Waals surface area contributed by atoms with Gasteiger partial charge in [-0.3, -0.25) is 24.4 Å². The minimum absolute atomic E-state index is 0.131. The highest BCUT2D eigenvalue weighted by Crippen LogP contribution is 2.47. The number of imide groups is 1. The first kappa shape index (κ1) is 45.4. The third-order valence-corrected chi connectivity index (χ3v) is 16.3. The van der Waals surface area contributed by atoms with Gasteiger partial charge in [-0.2, -0.15) is 10.4 Å². The Morgan fingerprint density at radius 2 is 1.67 bits per heavy atom. The van der Waals surface area contributed by atoms with Gasteiger partial charge in [-0.15, -0.1) is 0 Å². The summed E-state index contributed by atoms with van der Waals surface area (Å²) in [5.74, 6) is -3.67. The number of halogens is 4. The van der Waals surface area contributed by atoms with Crippen molar-refractivity contribution in [3.8, 4) is 11.8 Å². The molecule has 3 N–H and O–H groups in total. The van der Waals surface area contributed by atoms with Crippen LogP contribution in [0.2, 0.25) is 5.02 Å². The van der Waals surface area contributed by atoms with Crippen molar-refractivity contribution >= 4 is 73.9 Å². The smallest absolute Gasteiger partial charge is 0.301 e. The van der Waals surface area contributed by atoms with E-state index in [1.165, 1.54) is 9.25 Å². The predicted molar refractivity (Wildman–Crippen MR) is 257 cm³/mol. The van der Waals surface area contributed by atoms with Crippen LogP contribution in [-0.4, -0.2) is 100 Å². The highest BCUT2D eigenvalue weighted by molar-refractivity contribution is 6.33. The largest absolute Gasteiger partial charge is 0.480 e. The fourth-order valence-electron chi connectivity index (χ4n) is 11.7. The van der Waals surface area contributed by atoms with E-state index >= 15 is 13.2 Å². The van der Waals surface area contributed by atoms with Crippen LogP contribution in [0.25, 0.3) is 21.8 Å². The van der Waals surface area contributed by atoms with Gasteiger partial charge >= 0.3 is 5.92 Å². The molecule has 362 valence electrons. The summed E-state index contributed by atoms with van der Waals surface area (Å²) in [6, 6.07) is 11.8. The second-order valence-electron chi connectivity index (χ2n) is 20.3. The number of hydrogen-bond acceptors (Lipinski definition) is 12. The van der Waals surface area contributed by atoms with Crippen molar-refractivity contribution in [1.82, 2.24) is 29.5 Å². The van der Waals surface area contributed by atoms with Gasteiger partial charge in [0.2, 0.25) is 17.6 Å². The molecule has 6 aliphatic rings. The van der Waals surface area contributed by atoms with Crippen molar-refractivity contribution in [3.63, 3.8) is 0 Å². The van der Waals surface area contributed by atoms with Gasteiger partial charge in [0.15, 0.2) is 18.2 Å². The molecule has 5 fully saturated rings. The summed E-state index contributed by atoms with van der Waals surface area (Å²) < 4.78 is 55.1. The molecular formula is C50H55ClF3N11O4. The summed E-state index contributed by atoms with van der Waals surface area (Å²) in [6.07, 6.45) is 8.02. The molecule has 19 heteroatoms. The second kappa shape index (κ2) is 17.4. The lowest BCUT2D eigenvalue weighted by Crippen LogP contribution is -2.48. The van der Waals surface area contributed by atoms with Crippen molar-refractivity contribution in [2.75, 3.05) is 72.9 Å². The fourth-order valence-corrected chi connectivity index (χ4v) is 11.9. The SMILES string of the molecule is Cn1nc(C2CCC(=O)NC2=O)c2ccc(N3CCC(CN4CCC5(CC4)CCN(c4nc(Nc6ccc7c(c6)c6c(c(=O)n7C)OCC(F)(F)[C@H](C7CC7)N6)c(Cl)cc4C#N)CC5)CC3)c(F)c21. The van der Waals surface area contributed by atoms with Crippen LogP contribution in [0.5, 0.6) is 5.75 Å². The Bertz CT molecular complexity index is 3000. The molecule has 1 unspecified atom stereocenters. The molecular weight excluding hydrogens is 911 g/mol. The highest BCUT2D eigenvalue weighted by Gasteiger charge is 2.51. The average Bonchev–Trinajstić information content (AvgIpc) is 4.14. The highest BCUT2D eigenvalue weighted by atomic mass is 35.5. The van der Waals surface area contributed by atoms with Gasteiger partial charge in [0.05, 0.1) is 45.1 Å². The summed E-state index contributed by atoms with van der Waals surface area (Å²) in [5.41, 5.74) is 2.90. The summed E-state index contributed by atoms with van der Waals surface area (Å²) >= 11 is 6.76. The summed E-state index contributed by atoms with van der Waals surface area (Å²) in [6.45, 7) is 5.18. The Labute approximate surface area is 401 Å². The van der Waals surface area contributed by atoms with Crippen LogP contribution in [-0.2, 0) is 23.7 Å². The van der Waals surface area contributed by atoms with E-state index in [2.05, 4.69) is 41.8 Å². The molecule has 2 aromatic carbocycles. The van der Waals surface area contributed by atoms with Gasteiger partial charge < -0.3 is 34.6 Å². The standard InChI is InChI=1S/C50H55ClF3N11O4/c1-61-36-8-5-31(24-34(36)41-43(48(61)68)69-27-50(53,54)44(58-41)29-3-4-29)56-45-35(51)23-30(25-55)46(59-45)65-21-15-49(16-22-65)13-19-63(20-14-49)26-28-11-17-64(18-12-28)37-9-6-32-40(60-62(2)42(32)39(37)52)33-7-10-38(66)57-47(33)67/h5-6,8-9,23-24,28-29,33,44,58H,3-4,7,10-22,26-27H2,1-2H3,(H,56,59)(H,57,66,67)/t33?,44-/m0/s1. The van der Waals surface area contributed by atoms with Crippen molar-refractivity contribution < 1.29 is 27.5 Å². The number of nitriles is 1. The van der Waals surface area contributed by atoms with E-state index < -0.39 is 30.0 Å². The fraction of sp³-hybridized carbons (Fsp3) is 0.520. The Kier molecular flexibility index (Phi) is 11.5. The zero-order valence-corrected chi connectivity index (χ0v) is 39.5. The Hall–Kier alpha value is -6.06. The zero-order valence-electron chi connectivity index (χ0n) is 38.7. The number of carbonyl (C=O) groups is 2. The van der Waals surface area contributed by atoms with E-state index in [9.17, 15) is 19.6 Å². The minimum Gasteiger partial charge on any atom is -0.480 e. The van der Waals surface area contributed by atoms with Gasteiger partial charge in [-0.05, 0) is 125 Å². The molecule has 69 heavy (non-hydrogen) atoms. The number of rotatable bonds is 8. The first-order chi connectivity index (χ1) is 33.2. The van der Waals surface area contributed by atoms with Gasteiger partial charge in [0.25, 0.3) is 5.56 Å². The van der Waals surface area contributed by atoms with Gasteiger partial charge in [0, 0.05) is 69.7 Å². The normalized spacial score (nSPS) is 23.0. The van der Waals surface area contributed by atoms with Crippen molar-refractivity contribution in [1.29, 1.82) is 5.26 Å². The molecule has 1 aliphatic carbocycles. The predicted octanol–water partition coefficient (Wildman–Crippen LogP) is 7.57. The summed E-state index contributed by atoms with van der Waals surface area (Å²) in [5, 5.41) is 24.9. The maximum Gasteiger partial charge on any atom is 0.301 e. The number of aromatic nitrogens is 4. The van der Waals surface area contributed by atoms with Crippen LogP contribution in [0.3, 0.4) is 0 Å². The van der Waals surface area contributed by atoms with Crippen LogP contribution in [0.1, 0.15) is 81.4 Å². The number of nitrogens with zero attached hydrogens (tertiary/aromatic N) is 8. The minimum atomic E-state index is -3.16. The van der Waals surface area contributed by atoms with E-state index in [4.69, 9.17) is 21.3 Å². The van der Waals surface area contributed by atoms with Gasteiger partial charge in [0.1, 0.15) is 17.4 Å². The zero-order chi connectivity index (χ0) is 47.9. The van der Waals surface area contributed by atoms with E-state index in [-0.39, 0.29) is 51.8 Å². The number of amides is 2. The lowest BCUT2D eigenvalue weighted by atomic mass is 9.71. The lowest BCUT2D eigenvalue weighted by molar-refractivity contribution is -0.134. The van der Waals surface area contributed by atoms with Crippen LogP contribution in [0.15, 0.2) is 41.2 Å². The molecule has 1 saturated carbocycles. The van der Waals surface area contributed by atoms with Crippen molar-refractivity contribution in [3.05, 3.63) is 68.8 Å². The number of aryl methyl sites for hydroxylation is 2. The topological polar surface area (TPSA) is 166 Å². The molecule has 2 amide bonds. The van der Waals surface area contributed by atoms with Crippen LogP contribution >= 0.6 is 11.6 Å². The number of likely N-dealkylation sites (tertiary alicyclic amines) is 1. The molecule has 11 rings (SSSR count). The van der Waals surface area contributed by atoms with Crippen LogP contribution in [0, 0.1) is 34.4 Å². The maximum absolute atomic E-state index is 16.2. The third kappa shape index (κ3) is 8.28. The first-order valence-electron chi connectivity index (χ1n) is 24.2. The lowest BCUT2D eigenvalue weighted by Gasteiger charge is -2.48. The molecule has 2 atom stereocenters. The molecule has 15 nitrogen and oxygen atoms in total. The second-order valence-corrected chi connectivity index (χ2v) is 20.7. The van der Waals surface area contributed by atoms with Gasteiger partial charge in [-0.1, -0.05) is 11.6 Å². The monoisotopic (exact) mass is 965 g/mol. The Morgan fingerprint density at radius 3 is 2.38 bits per heavy atom. The number of fused-ring (bicyclic) bond motifs is 4. The number of anilines is 5. The van der Waals surface area contributed by atoms with Crippen LogP contribution in [0.4, 0.5) is 41.9 Å². The number of carbonyl (C=O) groups excluding carboxylic acids is 2. The number of ether oxygens (including phenoxy) is 1. The number of hydrogen-bond donors (Lipinski definition) is 3. The summed E-state index contributed by atoms with van der Waals surface area (Å²) in [7, 11) is 3.29. The molecule has 5 aromatic rings. The molecule has 4 saturated heterocycles. The number of piperidine rings is 4. The van der Waals surface area contributed by atoms with Gasteiger partial charge in [-0.25, -0.2) is 18.2 Å². The number of nitrogens with one attached hydrogen (secondary N) is 3. The number of benzene rings is 2. The van der Waals surface area contributed by atoms with E-state index in [1.54, 1.807) is 38.4 Å². The first-order valence-corrected chi connectivity index (χ1v) is 24.6. The Balaban J connectivity index is 0.711. The number of pyridine rings is 2. The molecule has 1 spiro atoms. The molecule has 5 aliphatic heterocycles. The third-order valence-electron chi connectivity index (χ3n) is 16.0. The quantitative estimate of drug-likeness (QED) is 0.131. The van der Waals surface area contributed by atoms with Crippen LogP contribution < -0.4 is 36.0 Å². The number of alkyl halides is 2. The molecule has 0 radical (unpaired) electrons. The van der Waals surface area contributed by atoms with E-state index in [1.807, 2.05) is 12.1 Å². The molecule has 8 heterocycles. The Morgan fingerprint density at radius 1 is 0.928 bits per heavy atom. The van der Waals surface area contributed by atoms with Crippen molar-refractivity contribution in [2.45, 2.75) is 82.1 Å². The van der Waals surface area contributed by atoms with E-state index in [0.29, 0.717) is 81.3 Å².